The van der Waals surface area contributed by atoms with Crippen LogP contribution in [-0.4, -0.2) is 13.1 Å². The predicted octanol–water partition coefficient (Wildman–Crippen LogP) is 3.93. The van der Waals surface area contributed by atoms with Crippen LogP contribution in [-0.2, 0) is 6.42 Å². The Kier molecular flexibility index (Phi) is 5.87. The van der Waals surface area contributed by atoms with E-state index < -0.39 is 0 Å². The van der Waals surface area contributed by atoms with E-state index in [9.17, 15) is 0 Å². The van der Waals surface area contributed by atoms with Gasteiger partial charge in [-0.2, -0.15) is 0 Å². The van der Waals surface area contributed by atoms with Gasteiger partial charge in [0.1, 0.15) is 0 Å². The molecule has 86 valence electrons. The van der Waals surface area contributed by atoms with Crippen molar-refractivity contribution in [2.45, 2.75) is 27.2 Å². The van der Waals surface area contributed by atoms with Crippen LogP contribution in [0.3, 0.4) is 0 Å². The van der Waals surface area contributed by atoms with E-state index in [-0.39, 0.29) is 0 Å². The molecular weight excluding hydrogens is 270 g/mol. The maximum Gasteiger partial charge on any atom is 0.0285 e. The number of rotatable bonds is 6. The Balaban J connectivity index is 2.21. The summed E-state index contributed by atoms with van der Waals surface area (Å²) in [6.45, 7) is 9.04. The van der Waals surface area contributed by atoms with Crippen LogP contribution < -0.4 is 5.32 Å². The summed E-state index contributed by atoms with van der Waals surface area (Å²) in [6.07, 6.45) is 1.18. The summed E-state index contributed by atoms with van der Waals surface area (Å²) in [6, 6.07) is 2.23. The van der Waals surface area contributed by atoms with E-state index in [1.807, 2.05) is 11.3 Å². The molecule has 15 heavy (non-hydrogen) atoms. The van der Waals surface area contributed by atoms with Gasteiger partial charge in [-0.15, -0.1) is 11.3 Å². The van der Waals surface area contributed by atoms with Crippen LogP contribution in [0.15, 0.2) is 15.9 Å². The second kappa shape index (κ2) is 6.66. The molecule has 0 amide bonds. The smallest absolute Gasteiger partial charge is 0.0285 e. The zero-order chi connectivity index (χ0) is 11.3. The second-order valence-electron chi connectivity index (χ2n) is 4.59. The molecule has 1 N–H and O–H groups in total. The van der Waals surface area contributed by atoms with E-state index in [0.29, 0.717) is 5.92 Å². The lowest BCUT2D eigenvalue weighted by Gasteiger charge is -2.12. The molecular formula is C12H20BrNS. The Bertz CT molecular complexity index is 283. The maximum atomic E-state index is 3.50. The van der Waals surface area contributed by atoms with E-state index in [1.54, 1.807) is 0 Å². The van der Waals surface area contributed by atoms with Gasteiger partial charge in [0.25, 0.3) is 0 Å². The molecule has 1 aromatic heterocycles. The monoisotopic (exact) mass is 289 g/mol. The highest BCUT2D eigenvalue weighted by Crippen LogP contribution is 2.22. The molecule has 1 heterocycles. The highest BCUT2D eigenvalue weighted by atomic mass is 79.9. The summed E-state index contributed by atoms with van der Waals surface area (Å²) in [5, 5.41) is 5.66. The number of hydrogen-bond acceptors (Lipinski definition) is 2. The summed E-state index contributed by atoms with van der Waals surface area (Å²) in [5.74, 6) is 1.46. The number of thiophene rings is 1. The summed E-state index contributed by atoms with van der Waals surface area (Å²) in [5.41, 5.74) is 0. The molecule has 1 aromatic rings. The summed E-state index contributed by atoms with van der Waals surface area (Å²) in [7, 11) is 0. The minimum Gasteiger partial charge on any atom is -0.316 e. The molecule has 0 aromatic carbocycles. The average molecular weight is 290 g/mol. The van der Waals surface area contributed by atoms with E-state index in [2.05, 4.69) is 53.5 Å². The number of nitrogens with one attached hydrogen (secondary N) is 1. The summed E-state index contributed by atoms with van der Waals surface area (Å²) < 4.78 is 1.21. The van der Waals surface area contributed by atoms with Crippen molar-refractivity contribution in [1.29, 1.82) is 0 Å². The third-order valence-corrected chi connectivity index (χ3v) is 3.94. The van der Waals surface area contributed by atoms with Gasteiger partial charge >= 0.3 is 0 Å². The molecule has 1 rings (SSSR count). The molecule has 0 aliphatic rings. The molecule has 1 nitrogen and oxygen atoms in total. The summed E-state index contributed by atoms with van der Waals surface area (Å²) >= 11 is 5.33. The zero-order valence-electron chi connectivity index (χ0n) is 9.72. The van der Waals surface area contributed by atoms with Gasteiger partial charge in [0, 0.05) is 14.7 Å². The van der Waals surface area contributed by atoms with Crippen molar-refractivity contribution in [1.82, 2.24) is 5.32 Å². The van der Waals surface area contributed by atoms with Crippen LogP contribution in [0.5, 0.6) is 0 Å². The van der Waals surface area contributed by atoms with Crippen LogP contribution in [0, 0.1) is 11.8 Å². The standard InChI is InChI=1S/C12H20BrNS/c1-9(2)6-14-7-10(3)4-12-5-11(13)8-15-12/h5,8-10,14H,4,6-7H2,1-3H3. The van der Waals surface area contributed by atoms with Gasteiger partial charge < -0.3 is 5.32 Å². The van der Waals surface area contributed by atoms with E-state index >= 15 is 0 Å². The molecule has 3 heteroatoms. The first-order chi connectivity index (χ1) is 7.08. The van der Waals surface area contributed by atoms with Crippen molar-refractivity contribution in [3.05, 3.63) is 20.8 Å². The van der Waals surface area contributed by atoms with Gasteiger partial charge in [-0.1, -0.05) is 20.8 Å². The van der Waals surface area contributed by atoms with Crippen LogP contribution in [0.4, 0.5) is 0 Å². The first-order valence-corrected chi connectivity index (χ1v) is 7.18. The van der Waals surface area contributed by atoms with Gasteiger partial charge in [-0.25, -0.2) is 0 Å². The van der Waals surface area contributed by atoms with Gasteiger partial charge in [-0.05, 0) is 53.3 Å². The van der Waals surface area contributed by atoms with E-state index in [0.717, 1.165) is 19.0 Å². The Labute approximate surface area is 105 Å². The fourth-order valence-electron chi connectivity index (χ4n) is 1.49. The largest absolute Gasteiger partial charge is 0.316 e. The van der Waals surface area contributed by atoms with Crippen molar-refractivity contribution in [3.63, 3.8) is 0 Å². The Hall–Kier alpha value is 0.140. The minimum absolute atomic E-state index is 0.717. The molecule has 0 fully saturated rings. The third-order valence-electron chi connectivity index (χ3n) is 2.22. The first kappa shape index (κ1) is 13.2. The van der Waals surface area contributed by atoms with Crippen LogP contribution in [0.25, 0.3) is 0 Å². The molecule has 1 unspecified atom stereocenters. The lowest BCUT2D eigenvalue weighted by molar-refractivity contribution is 0.475. The van der Waals surface area contributed by atoms with E-state index in [1.165, 1.54) is 15.8 Å². The molecule has 0 radical (unpaired) electrons. The molecule has 0 saturated carbocycles. The lowest BCUT2D eigenvalue weighted by atomic mass is 10.1. The molecule has 1 atom stereocenters. The number of halogens is 1. The Morgan fingerprint density at radius 1 is 1.33 bits per heavy atom. The number of hydrogen-bond donors (Lipinski definition) is 1. The fraction of sp³-hybridized carbons (Fsp3) is 0.667. The molecule has 0 aliphatic carbocycles. The minimum atomic E-state index is 0.717. The average Bonchev–Trinajstić information content (AvgIpc) is 2.50. The van der Waals surface area contributed by atoms with Crippen molar-refractivity contribution in [2.24, 2.45) is 11.8 Å². The van der Waals surface area contributed by atoms with Crippen molar-refractivity contribution < 1.29 is 0 Å². The Morgan fingerprint density at radius 3 is 2.60 bits per heavy atom. The summed E-state index contributed by atoms with van der Waals surface area (Å²) in [4.78, 5) is 1.47. The van der Waals surface area contributed by atoms with Crippen molar-refractivity contribution in [2.75, 3.05) is 13.1 Å². The van der Waals surface area contributed by atoms with Gasteiger partial charge in [-0.3, -0.25) is 0 Å². The molecule has 0 spiro atoms. The van der Waals surface area contributed by atoms with Gasteiger partial charge in [0.2, 0.25) is 0 Å². The second-order valence-corrected chi connectivity index (χ2v) is 6.50. The zero-order valence-corrected chi connectivity index (χ0v) is 12.1. The van der Waals surface area contributed by atoms with Crippen molar-refractivity contribution >= 4 is 27.3 Å². The lowest BCUT2D eigenvalue weighted by Crippen LogP contribution is -2.25. The maximum absolute atomic E-state index is 3.50. The first-order valence-electron chi connectivity index (χ1n) is 5.51. The predicted molar refractivity (Wildman–Crippen MR) is 72.6 cm³/mol. The quantitative estimate of drug-likeness (QED) is 0.837. The van der Waals surface area contributed by atoms with Crippen LogP contribution in [0.1, 0.15) is 25.6 Å². The van der Waals surface area contributed by atoms with Crippen LogP contribution >= 0.6 is 27.3 Å². The third kappa shape index (κ3) is 5.69. The van der Waals surface area contributed by atoms with Crippen LogP contribution in [0.2, 0.25) is 0 Å². The van der Waals surface area contributed by atoms with Gasteiger partial charge in [0.05, 0.1) is 0 Å². The molecule has 0 saturated heterocycles. The topological polar surface area (TPSA) is 12.0 Å². The highest BCUT2D eigenvalue weighted by molar-refractivity contribution is 9.10. The fourth-order valence-corrected chi connectivity index (χ4v) is 3.11. The molecule has 0 bridgehead atoms. The molecule has 0 aliphatic heterocycles. The highest BCUT2D eigenvalue weighted by Gasteiger charge is 2.05. The SMILES string of the molecule is CC(C)CNCC(C)Cc1cc(Br)cs1. The Morgan fingerprint density at radius 2 is 2.07 bits per heavy atom. The van der Waals surface area contributed by atoms with Crippen molar-refractivity contribution in [3.8, 4) is 0 Å². The van der Waals surface area contributed by atoms with E-state index in [4.69, 9.17) is 0 Å². The van der Waals surface area contributed by atoms with Gasteiger partial charge in [0.15, 0.2) is 0 Å². The normalized spacial score (nSPS) is 13.4.